The van der Waals surface area contributed by atoms with E-state index in [-0.39, 0.29) is 23.1 Å². The van der Waals surface area contributed by atoms with Gasteiger partial charge >= 0.3 is 6.18 Å². The molecular weight excluding hydrogens is 309 g/mol. The smallest absolute Gasteiger partial charge is 0.416 e. The molecule has 1 N–H and O–H groups in total. The monoisotopic (exact) mass is 324 g/mol. The number of hydrogen-bond donors (Lipinski definition) is 1. The van der Waals surface area contributed by atoms with E-state index in [0.717, 1.165) is 12.1 Å². The molecule has 0 aliphatic heterocycles. The van der Waals surface area contributed by atoms with Gasteiger partial charge in [-0.1, -0.05) is 0 Å². The van der Waals surface area contributed by atoms with Crippen LogP contribution in [0.25, 0.3) is 0 Å². The van der Waals surface area contributed by atoms with Crippen molar-refractivity contribution < 1.29 is 22.7 Å². The molecule has 23 heavy (non-hydrogen) atoms. The first kappa shape index (κ1) is 16.8. The molecule has 0 unspecified atom stereocenters. The minimum Gasteiger partial charge on any atom is -0.489 e. The van der Waals surface area contributed by atoms with Crippen LogP contribution in [0.5, 0.6) is 5.75 Å². The molecule has 122 valence electrons. The molecule has 2 rings (SSSR count). The third-order valence-corrected chi connectivity index (χ3v) is 2.84. The Morgan fingerprint density at radius 1 is 1.26 bits per heavy atom. The molecule has 0 atom stereocenters. The standard InChI is InChI=1S/C16H15F3N2O2/c1-10(2)23-14-6-5-12(16(17,18)19)8-13(14)21-15(22)11-4-3-7-20-9-11/h3-10H,1-2H3,(H,21,22). The van der Waals surface area contributed by atoms with Crippen LogP contribution in [-0.2, 0) is 6.18 Å². The number of amides is 1. The van der Waals surface area contributed by atoms with E-state index in [0.29, 0.717) is 0 Å². The Labute approximate surface area is 131 Å². The summed E-state index contributed by atoms with van der Waals surface area (Å²) in [6.07, 6.45) is -1.94. The van der Waals surface area contributed by atoms with Crippen LogP contribution in [0.1, 0.15) is 29.8 Å². The van der Waals surface area contributed by atoms with Crippen molar-refractivity contribution in [2.75, 3.05) is 5.32 Å². The number of anilines is 1. The quantitative estimate of drug-likeness (QED) is 0.919. The minimum atomic E-state index is -4.51. The largest absolute Gasteiger partial charge is 0.489 e. The molecule has 7 heteroatoms. The van der Waals surface area contributed by atoms with E-state index in [2.05, 4.69) is 10.3 Å². The molecule has 0 saturated carbocycles. The van der Waals surface area contributed by atoms with E-state index < -0.39 is 17.6 Å². The van der Waals surface area contributed by atoms with E-state index in [4.69, 9.17) is 4.74 Å². The lowest BCUT2D eigenvalue weighted by atomic mass is 10.1. The van der Waals surface area contributed by atoms with Crippen molar-refractivity contribution in [2.24, 2.45) is 0 Å². The highest BCUT2D eigenvalue weighted by atomic mass is 19.4. The number of benzene rings is 1. The van der Waals surface area contributed by atoms with Crippen molar-refractivity contribution in [2.45, 2.75) is 26.1 Å². The number of rotatable bonds is 4. The summed E-state index contributed by atoms with van der Waals surface area (Å²) >= 11 is 0. The van der Waals surface area contributed by atoms with Gasteiger partial charge in [-0.15, -0.1) is 0 Å². The van der Waals surface area contributed by atoms with Gasteiger partial charge in [0.2, 0.25) is 0 Å². The molecule has 0 radical (unpaired) electrons. The first-order chi connectivity index (χ1) is 10.8. The topological polar surface area (TPSA) is 51.2 Å². The molecule has 2 aromatic rings. The third-order valence-electron chi connectivity index (χ3n) is 2.84. The van der Waals surface area contributed by atoms with Crippen LogP contribution >= 0.6 is 0 Å². The van der Waals surface area contributed by atoms with Crippen molar-refractivity contribution in [3.63, 3.8) is 0 Å². The Morgan fingerprint density at radius 2 is 2.00 bits per heavy atom. The molecule has 1 amide bonds. The Balaban J connectivity index is 2.35. The molecule has 0 aliphatic carbocycles. The molecule has 0 fully saturated rings. The summed E-state index contributed by atoms with van der Waals surface area (Å²) in [5.74, 6) is -0.392. The third kappa shape index (κ3) is 4.45. The van der Waals surface area contributed by atoms with Gasteiger partial charge < -0.3 is 10.1 Å². The van der Waals surface area contributed by atoms with Crippen molar-refractivity contribution in [3.05, 3.63) is 53.9 Å². The predicted octanol–water partition coefficient (Wildman–Crippen LogP) is 4.14. The highest BCUT2D eigenvalue weighted by molar-refractivity contribution is 6.04. The minimum absolute atomic E-state index is 0.0395. The number of ether oxygens (including phenoxy) is 1. The van der Waals surface area contributed by atoms with E-state index in [1.807, 2.05) is 0 Å². The van der Waals surface area contributed by atoms with Gasteiger partial charge in [0, 0.05) is 12.4 Å². The average Bonchev–Trinajstić information content (AvgIpc) is 2.48. The van der Waals surface area contributed by atoms with Gasteiger partial charge in [0.05, 0.1) is 22.9 Å². The van der Waals surface area contributed by atoms with Crippen LogP contribution < -0.4 is 10.1 Å². The van der Waals surface area contributed by atoms with Crippen LogP contribution in [0.15, 0.2) is 42.7 Å². The first-order valence-corrected chi connectivity index (χ1v) is 6.86. The molecular formula is C16H15F3N2O2. The zero-order valence-electron chi connectivity index (χ0n) is 12.5. The molecule has 0 saturated heterocycles. The number of nitrogens with one attached hydrogen (secondary N) is 1. The highest BCUT2D eigenvalue weighted by Gasteiger charge is 2.31. The number of carbonyl (C=O) groups excluding carboxylic acids is 1. The summed E-state index contributed by atoms with van der Waals surface area (Å²) in [4.78, 5) is 15.9. The second-order valence-electron chi connectivity index (χ2n) is 5.07. The molecule has 1 aromatic heterocycles. The van der Waals surface area contributed by atoms with Crippen LogP contribution in [0.2, 0.25) is 0 Å². The Hall–Kier alpha value is -2.57. The SMILES string of the molecule is CC(C)Oc1ccc(C(F)(F)F)cc1NC(=O)c1cccnc1. The lowest BCUT2D eigenvalue weighted by molar-refractivity contribution is -0.137. The van der Waals surface area contributed by atoms with Crippen molar-refractivity contribution in [3.8, 4) is 5.75 Å². The fourth-order valence-corrected chi connectivity index (χ4v) is 1.85. The Bertz CT molecular complexity index is 685. The van der Waals surface area contributed by atoms with Crippen molar-refractivity contribution in [1.29, 1.82) is 0 Å². The second kappa shape index (κ2) is 6.68. The summed E-state index contributed by atoms with van der Waals surface area (Å²) in [5, 5.41) is 2.44. The number of nitrogens with zero attached hydrogens (tertiary/aromatic N) is 1. The molecule has 4 nitrogen and oxygen atoms in total. The lowest BCUT2D eigenvalue weighted by Gasteiger charge is -2.17. The average molecular weight is 324 g/mol. The normalized spacial score (nSPS) is 11.4. The zero-order valence-corrected chi connectivity index (χ0v) is 12.5. The van der Waals surface area contributed by atoms with E-state index >= 15 is 0 Å². The number of hydrogen-bond acceptors (Lipinski definition) is 3. The molecule has 0 bridgehead atoms. The van der Waals surface area contributed by atoms with Crippen LogP contribution in [0, 0.1) is 0 Å². The summed E-state index contributed by atoms with van der Waals surface area (Å²) in [6, 6.07) is 6.04. The maximum atomic E-state index is 12.9. The maximum absolute atomic E-state index is 12.9. The number of carbonyl (C=O) groups is 1. The van der Waals surface area contributed by atoms with Gasteiger partial charge in [-0.2, -0.15) is 13.2 Å². The maximum Gasteiger partial charge on any atom is 0.416 e. The predicted molar refractivity (Wildman–Crippen MR) is 79.4 cm³/mol. The zero-order chi connectivity index (χ0) is 17.0. The van der Waals surface area contributed by atoms with Gasteiger partial charge in [-0.05, 0) is 44.2 Å². The lowest BCUT2D eigenvalue weighted by Crippen LogP contribution is -2.16. The van der Waals surface area contributed by atoms with Crippen LogP contribution in [0.3, 0.4) is 0 Å². The van der Waals surface area contributed by atoms with Gasteiger partial charge in [-0.3, -0.25) is 9.78 Å². The number of halogens is 3. The van der Waals surface area contributed by atoms with Crippen LogP contribution in [0.4, 0.5) is 18.9 Å². The molecule has 1 aromatic carbocycles. The van der Waals surface area contributed by atoms with Crippen molar-refractivity contribution in [1.82, 2.24) is 4.98 Å². The van der Waals surface area contributed by atoms with E-state index in [9.17, 15) is 18.0 Å². The molecule has 0 aliphatic rings. The molecule has 0 spiro atoms. The van der Waals surface area contributed by atoms with Crippen molar-refractivity contribution >= 4 is 11.6 Å². The fourth-order valence-electron chi connectivity index (χ4n) is 1.85. The number of pyridine rings is 1. The molecule has 1 heterocycles. The van der Waals surface area contributed by atoms with Gasteiger partial charge in [-0.25, -0.2) is 0 Å². The number of alkyl halides is 3. The highest BCUT2D eigenvalue weighted by Crippen LogP contribution is 2.35. The van der Waals surface area contributed by atoms with Crippen LogP contribution in [-0.4, -0.2) is 17.0 Å². The fraction of sp³-hybridized carbons (Fsp3) is 0.250. The summed E-state index contributed by atoms with van der Waals surface area (Å²) < 4.78 is 44.0. The Morgan fingerprint density at radius 3 is 2.57 bits per heavy atom. The Kier molecular flexibility index (Phi) is 4.88. The summed E-state index contributed by atoms with van der Waals surface area (Å²) in [6.45, 7) is 3.48. The summed E-state index contributed by atoms with van der Waals surface area (Å²) in [5.41, 5.74) is -0.669. The van der Waals surface area contributed by atoms with E-state index in [1.54, 1.807) is 19.9 Å². The van der Waals surface area contributed by atoms with Gasteiger partial charge in [0.25, 0.3) is 5.91 Å². The summed E-state index contributed by atoms with van der Waals surface area (Å²) in [7, 11) is 0. The number of aromatic nitrogens is 1. The van der Waals surface area contributed by atoms with E-state index in [1.165, 1.54) is 24.5 Å². The van der Waals surface area contributed by atoms with Gasteiger partial charge in [0.15, 0.2) is 0 Å². The second-order valence-corrected chi connectivity index (χ2v) is 5.07. The van der Waals surface area contributed by atoms with Gasteiger partial charge in [0.1, 0.15) is 5.75 Å². The first-order valence-electron chi connectivity index (χ1n) is 6.86.